The van der Waals surface area contributed by atoms with Crippen LogP contribution in [0.15, 0.2) is 0 Å². The molecule has 2 rings (SSSR count). The molecular weight excluding hydrogens is 210 g/mol. The van der Waals surface area contributed by atoms with E-state index in [0.29, 0.717) is 11.5 Å². The molecule has 5 heteroatoms. The van der Waals surface area contributed by atoms with Crippen molar-refractivity contribution in [2.24, 2.45) is 0 Å². The highest BCUT2D eigenvalue weighted by molar-refractivity contribution is 7.91. The van der Waals surface area contributed by atoms with Gasteiger partial charge in [-0.15, -0.1) is 12.4 Å². The lowest BCUT2D eigenvalue weighted by molar-refractivity contribution is 0.367. The Morgan fingerprint density at radius 3 is 2.38 bits per heavy atom. The first-order chi connectivity index (χ1) is 5.62. The van der Waals surface area contributed by atoms with Gasteiger partial charge in [-0.05, 0) is 32.2 Å². The Morgan fingerprint density at radius 1 is 1.15 bits per heavy atom. The van der Waals surface area contributed by atoms with Gasteiger partial charge in [0.15, 0.2) is 9.84 Å². The Labute approximate surface area is 85.6 Å². The van der Waals surface area contributed by atoms with Crippen LogP contribution in [0.1, 0.15) is 25.7 Å². The third-order valence-electron chi connectivity index (χ3n) is 2.94. The second-order valence-electron chi connectivity index (χ2n) is 4.01. The lowest BCUT2D eigenvalue weighted by Crippen LogP contribution is -2.49. The highest BCUT2D eigenvalue weighted by Gasteiger charge is 2.40. The molecule has 2 aliphatic rings. The van der Waals surface area contributed by atoms with Crippen LogP contribution in [0.25, 0.3) is 0 Å². The highest BCUT2D eigenvalue weighted by Crippen LogP contribution is 2.30. The molecule has 78 valence electrons. The van der Waals surface area contributed by atoms with E-state index in [0.717, 1.165) is 32.2 Å². The maximum Gasteiger partial charge on any atom is 0.152 e. The standard InChI is InChI=1S/C8H15NO2S.ClH/c10-12(11)6-2-4-8(7-12)3-1-5-9-8;/h9H,1-7H2;1H. The van der Waals surface area contributed by atoms with Crippen molar-refractivity contribution in [1.29, 1.82) is 0 Å². The van der Waals surface area contributed by atoms with E-state index in [1.54, 1.807) is 0 Å². The van der Waals surface area contributed by atoms with Gasteiger partial charge in [0.05, 0.1) is 11.5 Å². The van der Waals surface area contributed by atoms with Crippen LogP contribution in [-0.4, -0.2) is 32.0 Å². The summed E-state index contributed by atoms with van der Waals surface area (Å²) < 4.78 is 22.7. The molecule has 1 spiro atoms. The maximum absolute atomic E-state index is 11.4. The minimum atomic E-state index is -2.74. The van der Waals surface area contributed by atoms with Crippen LogP contribution in [0, 0.1) is 0 Å². The van der Waals surface area contributed by atoms with Crippen LogP contribution in [0.4, 0.5) is 0 Å². The molecule has 2 fully saturated rings. The first-order valence-corrected chi connectivity index (χ1v) is 6.40. The van der Waals surface area contributed by atoms with Crippen LogP contribution >= 0.6 is 12.4 Å². The maximum atomic E-state index is 11.4. The average Bonchev–Trinajstić information content (AvgIpc) is 2.34. The van der Waals surface area contributed by atoms with Gasteiger partial charge < -0.3 is 5.32 Å². The molecule has 0 aliphatic carbocycles. The molecule has 0 aromatic carbocycles. The van der Waals surface area contributed by atoms with Crippen LogP contribution in [0.2, 0.25) is 0 Å². The fourth-order valence-electron chi connectivity index (χ4n) is 2.40. The molecule has 0 amide bonds. The number of hydrogen-bond acceptors (Lipinski definition) is 3. The van der Waals surface area contributed by atoms with Crippen molar-refractivity contribution in [2.45, 2.75) is 31.2 Å². The van der Waals surface area contributed by atoms with Gasteiger partial charge in [-0.1, -0.05) is 0 Å². The molecule has 2 saturated heterocycles. The van der Waals surface area contributed by atoms with E-state index in [4.69, 9.17) is 0 Å². The largest absolute Gasteiger partial charge is 0.310 e. The van der Waals surface area contributed by atoms with Crippen molar-refractivity contribution < 1.29 is 8.42 Å². The summed E-state index contributed by atoms with van der Waals surface area (Å²) in [5, 5.41) is 3.35. The molecule has 13 heavy (non-hydrogen) atoms. The van der Waals surface area contributed by atoms with Crippen LogP contribution in [-0.2, 0) is 9.84 Å². The molecule has 0 aromatic rings. The number of hydrogen-bond donors (Lipinski definition) is 1. The molecule has 0 saturated carbocycles. The number of nitrogens with one attached hydrogen (secondary N) is 1. The third-order valence-corrected chi connectivity index (χ3v) is 4.84. The van der Waals surface area contributed by atoms with Gasteiger partial charge in [0.25, 0.3) is 0 Å². The number of rotatable bonds is 0. The Kier molecular flexibility index (Phi) is 3.25. The lowest BCUT2D eigenvalue weighted by Gasteiger charge is -2.33. The zero-order valence-corrected chi connectivity index (χ0v) is 9.22. The predicted octanol–water partition coefficient (Wildman–Crippen LogP) is 0.739. The molecule has 1 unspecified atom stereocenters. The van der Waals surface area contributed by atoms with Gasteiger partial charge in [-0.2, -0.15) is 0 Å². The summed E-state index contributed by atoms with van der Waals surface area (Å²) in [7, 11) is -2.74. The summed E-state index contributed by atoms with van der Waals surface area (Å²) >= 11 is 0. The van der Waals surface area contributed by atoms with E-state index in [1.165, 1.54) is 0 Å². The molecule has 3 nitrogen and oxygen atoms in total. The highest BCUT2D eigenvalue weighted by atomic mass is 35.5. The van der Waals surface area contributed by atoms with Crippen molar-refractivity contribution >= 4 is 22.2 Å². The van der Waals surface area contributed by atoms with Crippen molar-refractivity contribution in [3.05, 3.63) is 0 Å². The monoisotopic (exact) mass is 225 g/mol. The fourth-order valence-corrected chi connectivity index (χ4v) is 4.36. The number of sulfone groups is 1. The predicted molar refractivity (Wildman–Crippen MR) is 55.1 cm³/mol. The van der Waals surface area contributed by atoms with E-state index < -0.39 is 9.84 Å². The summed E-state index contributed by atoms with van der Waals surface area (Å²) in [6.45, 7) is 0.996. The Bertz CT molecular complexity index is 270. The SMILES string of the molecule is Cl.O=S1(=O)CCCC2(CCCN2)C1. The zero-order valence-electron chi connectivity index (χ0n) is 7.58. The van der Waals surface area contributed by atoms with Gasteiger partial charge in [0, 0.05) is 5.54 Å². The average molecular weight is 226 g/mol. The van der Waals surface area contributed by atoms with E-state index in [2.05, 4.69) is 5.32 Å². The molecule has 0 aromatic heterocycles. The lowest BCUT2D eigenvalue weighted by atomic mass is 9.94. The van der Waals surface area contributed by atoms with E-state index >= 15 is 0 Å². The second kappa shape index (κ2) is 3.75. The first kappa shape index (κ1) is 11.3. The van der Waals surface area contributed by atoms with Gasteiger partial charge in [0.2, 0.25) is 0 Å². The normalized spacial score (nSPS) is 37.2. The molecule has 2 aliphatic heterocycles. The van der Waals surface area contributed by atoms with E-state index in [1.807, 2.05) is 0 Å². The third kappa shape index (κ3) is 2.36. The van der Waals surface area contributed by atoms with Crippen LogP contribution in [0.3, 0.4) is 0 Å². The summed E-state index contributed by atoms with van der Waals surface area (Å²) in [5.41, 5.74) is -0.0307. The molecule has 0 radical (unpaired) electrons. The molecule has 1 N–H and O–H groups in total. The summed E-state index contributed by atoms with van der Waals surface area (Å²) in [6.07, 6.45) is 4.07. The minimum absolute atomic E-state index is 0. The Morgan fingerprint density at radius 2 is 1.85 bits per heavy atom. The van der Waals surface area contributed by atoms with E-state index in [9.17, 15) is 8.42 Å². The van der Waals surface area contributed by atoms with Gasteiger partial charge in [0.1, 0.15) is 0 Å². The Hall–Kier alpha value is 0.200. The van der Waals surface area contributed by atoms with Crippen molar-refractivity contribution in [3.8, 4) is 0 Å². The molecule has 0 bridgehead atoms. The van der Waals surface area contributed by atoms with Gasteiger partial charge in [-0.3, -0.25) is 0 Å². The molecule has 2 heterocycles. The summed E-state index contributed by atoms with van der Waals surface area (Å²) in [6, 6.07) is 0. The van der Waals surface area contributed by atoms with Gasteiger partial charge in [-0.25, -0.2) is 8.42 Å². The smallest absolute Gasteiger partial charge is 0.152 e. The molecular formula is C8H16ClNO2S. The van der Waals surface area contributed by atoms with Crippen molar-refractivity contribution in [1.82, 2.24) is 5.32 Å². The van der Waals surface area contributed by atoms with Crippen LogP contribution < -0.4 is 5.32 Å². The first-order valence-electron chi connectivity index (χ1n) is 4.57. The van der Waals surface area contributed by atoms with Crippen molar-refractivity contribution in [2.75, 3.05) is 18.1 Å². The minimum Gasteiger partial charge on any atom is -0.310 e. The fraction of sp³-hybridized carbons (Fsp3) is 1.00. The molecule has 1 atom stereocenters. The van der Waals surface area contributed by atoms with Crippen LogP contribution in [0.5, 0.6) is 0 Å². The zero-order chi connectivity index (χ0) is 8.66. The van der Waals surface area contributed by atoms with Crippen molar-refractivity contribution in [3.63, 3.8) is 0 Å². The summed E-state index contributed by atoms with van der Waals surface area (Å²) in [4.78, 5) is 0. The second-order valence-corrected chi connectivity index (χ2v) is 6.19. The Balaban J connectivity index is 0.000000845. The summed E-state index contributed by atoms with van der Waals surface area (Å²) in [5.74, 6) is 0.774. The topological polar surface area (TPSA) is 46.2 Å². The quantitative estimate of drug-likeness (QED) is 0.662. The van der Waals surface area contributed by atoms with E-state index in [-0.39, 0.29) is 17.9 Å². The number of halogens is 1. The van der Waals surface area contributed by atoms with Gasteiger partial charge >= 0.3 is 0 Å².